The van der Waals surface area contributed by atoms with Crippen LogP contribution in [0, 0.1) is 0 Å². The maximum atomic E-state index is 0. The van der Waals surface area contributed by atoms with Gasteiger partial charge in [0, 0.05) is 36.5 Å². The molecule has 0 aliphatic rings. The van der Waals surface area contributed by atoms with Crippen LogP contribution in [0.25, 0.3) is 0 Å². The zero-order valence-electron chi connectivity index (χ0n) is 2.50. The molecule has 6 heteroatoms. The summed E-state index contributed by atoms with van der Waals surface area (Å²) in [6, 6.07) is 0. The Morgan fingerprint density at radius 2 is 1.00 bits per heavy atom. The third-order valence-electron chi connectivity index (χ3n) is 0. The summed E-state index contributed by atoms with van der Waals surface area (Å²) >= 11 is 0. The molecule has 0 fully saturated rings. The van der Waals surface area contributed by atoms with Gasteiger partial charge in [0.2, 0.25) is 0 Å². The maximum absolute atomic E-state index is 0. The van der Waals surface area contributed by atoms with E-state index in [1.165, 1.54) is 0 Å². The van der Waals surface area contributed by atoms with Crippen molar-refractivity contribution in [2.24, 2.45) is 0 Å². The molecule has 1 radical (unpaired) electrons. The Hall–Kier alpha value is 4.14. The Morgan fingerprint density at radius 1 is 1.00 bits per heavy atom. The van der Waals surface area contributed by atoms with Crippen molar-refractivity contribution < 1.29 is 36.5 Å². The Kier molecular flexibility index (Phi) is 291. The quantitative estimate of drug-likeness (QED) is 0.287. The van der Waals surface area contributed by atoms with Gasteiger partial charge in [0.15, 0.2) is 17.4 Å². The van der Waals surface area contributed by atoms with E-state index in [0.717, 1.165) is 0 Å². The van der Waals surface area contributed by atoms with Gasteiger partial charge in [-0.25, -0.2) is 0 Å². The second-order valence-electron chi connectivity index (χ2n) is 0. The summed E-state index contributed by atoms with van der Waals surface area (Å²) in [5.41, 5.74) is 0. The SMILES string of the molecule is [AlH3].[BiH3].[MgH2].[Mn].[SbH3].[Zn]. The summed E-state index contributed by atoms with van der Waals surface area (Å²) in [5, 5.41) is 0. The Labute approximate surface area is 125 Å². The molecule has 0 aliphatic carbocycles. The third kappa shape index (κ3) is 24.2. The van der Waals surface area contributed by atoms with Crippen LogP contribution in [0.3, 0.4) is 0 Å². The van der Waals surface area contributed by atoms with Crippen LogP contribution in [0.5, 0.6) is 0 Å². The van der Waals surface area contributed by atoms with Crippen LogP contribution < -0.4 is 0 Å². The van der Waals surface area contributed by atoms with Gasteiger partial charge in [0.25, 0.3) is 0 Å². The summed E-state index contributed by atoms with van der Waals surface area (Å²) in [4.78, 5) is 0. The summed E-state index contributed by atoms with van der Waals surface area (Å²) in [6.45, 7) is 0. The molecular formula is H11AlBiMgMnSbZn. The van der Waals surface area contributed by atoms with E-state index in [1.54, 1.807) is 0 Å². The normalized spacial score (nSPS) is 0. The zero-order valence-corrected chi connectivity index (χ0v) is 16.2. The zero-order chi connectivity index (χ0) is 0. The van der Waals surface area contributed by atoms with Crippen LogP contribution in [-0.4, -0.2) is 91.0 Å². The molecule has 0 saturated heterocycles. The van der Waals surface area contributed by atoms with E-state index in [0.29, 0.717) is 0 Å². The fraction of sp³-hybridized carbons (Fsp3) is 0. The first-order valence-corrected chi connectivity index (χ1v) is 0. The molecule has 0 saturated carbocycles. The molecule has 0 unspecified atom stereocenters. The Balaban J connectivity index is 0. The molecule has 0 rings (SSSR count). The smallest absolute Gasteiger partial charge is 0 e. The van der Waals surface area contributed by atoms with E-state index in [-0.39, 0.29) is 128 Å². The minimum atomic E-state index is 0. The molecule has 0 amide bonds. The van der Waals surface area contributed by atoms with E-state index in [9.17, 15) is 0 Å². The van der Waals surface area contributed by atoms with Crippen molar-refractivity contribution in [3.05, 3.63) is 0 Å². The monoisotopic (exact) mass is 511 g/mol. The van der Waals surface area contributed by atoms with Gasteiger partial charge in [-0.3, -0.25) is 0 Å². The molecular weight excluding hydrogens is 502 g/mol. The van der Waals surface area contributed by atoms with Crippen molar-refractivity contribution in [1.29, 1.82) is 0 Å². The molecule has 0 aromatic carbocycles. The second-order valence-corrected chi connectivity index (χ2v) is 0. The molecule has 6 heavy (non-hydrogen) atoms. The molecule has 0 aromatic rings. The third-order valence-corrected chi connectivity index (χ3v) is 0. The molecule has 0 atom stereocenters. The first-order chi connectivity index (χ1) is 0. The minimum Gasteiger partial charge on any atom is 0 e. The van der Waals surface area contributed by atoms with Gasteiger partial charge in [0.1, 0.15) is 0 Å². The number of hydrogen-bond donors (Lipinski definition) is 0. The molecule has 0 heterocycles. The fourth-order valence-electron chi connectivity index (χ4n) is 0. The fourth-order valence-corrected chi connectivity index (χ4v) is 0. The van der Waals surface area contributed by atoms with Gasteiger partial charge in [-0.2, -0.15) is 0 Å². The largest absolute Gasteiger partial charge is 0 e. The van der Waals surface area contributed by atoms with Gasteiger partial charge in [0.05, 0.1) is 0 Å². The molecule has 0 aliphatic heterocycles. The van der Waals surface area contributed by atoms with Crippen molar-refractivity contribution >= 4 is 91.0 Å². The van der Waals surface area contributed by atoms with Crippen molar-refractivity contribution in [2.45, 2.75) is 0 Å². The van der Waals surface area contributed by atoms with Crippen LogP contribution in [0.15, 0.2) is 0 Å². The molecule has 0 N–H and O–H groups in total. The summed E-state index contributed by atoms with van der Waals surface area (Å²) in [5.74, 6) is 0. The van der Waals surface area contributed by atoms with Crippen LogP contribution in [-0.2, 0) is 36.5 Å². The van der Waals surface area contributed by atoms with Crippen LogP contribution in [0.1, 0.15) is 0 Å². The van der Waals surface area contributed by atoms with E-state index < -0.39 is 0 Å². The molecule has 35 valence electrons. The van der Waals surface area contributed by atoms with Crippen LogP contribution >= 0.6 is 0 Å². The first-order valence-electron chi connectivity index (χ1n) is 0. The summed E-state index contributed by atoms with van der Waals surface area (Å²) < 4.78 is 0. The van der Waals surface area contributed by atoms with Gasteiger partial charge in [-0.05, 0) is 0 Å². The number of rotatable bonds is 0. The molecule has 0 nitrogen and oxygen atoms in total. The van der Waals surface area contributed by atoms with E-state index in [1.807, 2.05) is 0 Å². The minimum absolute atomic E-state index is 0. The van der Waals surface area contributed by atoms with Crippen molar-refractivity contribution in [3.63, 3.8) is 0 Å². The number of hydrogen-bond acceptors (Lipinski definition) is 0. The van der Waals surface area contributed by atoms with Crippen LogP contribution in [0.4, 0.5) is 0 Å². The van der Waals surface area contributed by atoms with E-state index in [4.69, 9.17) is 0 Å². The average Bonchev–Trinajstić information content (AvgIpc) is 0. The Bertz CT molecular complexity index is 15.5. The van der Waals surface area contributed by atoms with Crippen molar-refractivity contribution in [2.75, 3.05) is 0 Å². The molecule has 0 aromatic heterocycles. The van der Waals surface area contributed by atoms with Gasteiger partial charge in [-0.15, -0.1) is 0 Å². The first kappa shape index (κ1) is 49.4. The Morgan fingerprint density at radius 3 is 1.00 bits per heavy atom. The van der Waals surface area contributed by atoms with Crippen molar-refractivity contribution in [1.82, 2.24) is 0 Å². The average molecular weight is 513 g/mol. The predicted molar refractivity (Wildman–Crippen MR) is 38.4 cm³/mol. The molecule has 0 spiro atoms. The van der Waals surface area contributed by atoms with Gasteiger partial charge in [-0.1, -0.05) is 0 Å². The van der Waals surface area contributed by atoms with E-state index >= 15 is 0 Å². The van der Waals surface area contributed by atoms with E-state index in [2.05, 4.69) is 0 Å². The van der Waals surface area contributed by atoms with Gasteiger partial charge < -0.3 is 0 Å². The van der Waals surface area contributed by atoms with Crippen LogP contribution in [0.2, 0.25) is 0 Å². The standard InChI is InChI=1S/Al.Bi.Mg.Mn.Sb.Zn.11H. The topological polar surface area (TPSA) is 0 Å². The second kappa shape index (κ2) is 35.3. The summed E-state index contributed by atoms with van der Waals surface area (Å²) in [7, 11) is 0. The molecule has 0 bridgehead atoms. The predicted octanol–water partition coefficient (Wildman–Crippen LogP) is -4.47. The summed E-state index contributed by atoms with van der Waals surface area (Å²) in [6.07, 6.45) is 0. The van der Waals surface area contributed by atoms with Gasteiger partial charge >= 0.3 is 73.7 Å². The maximum Gasteiger partial charge on any atom is 0 e. The van der Waals surface area contributed by atoms with Crippen molar-refractivity contribution in [3.8, 4) is 0 Å².